The second-order valence-corrected chi connectivity index (χ2v) is 28.4. The van der Waals surface area contributed by atoms with Gasteiger partial charge in [0, 0.05) is 61.5 Å². The van der Waals surface area contributed by atoms with Crippen LogP contribution >= 0.6 is 0 Å². The zero-order chi connectivity index (χ0) is 72.3. The van der Waals surface area contributed by atoms with Crippen LogP contribution in [0.1, 0.15) is 25.0 Å². The lowest BCUT2D eigenvalue weighted by Crippen LogP contribution is -2.24. The zero-order valence-corrected chi connectivity index (χ0v) is 60.2. The molecule has 0 radical (unpaired) electrons. The number of anilines is 6. The zero-order valence-electron chi connectivity index (χ0n) is 60.2. The summed E-state index contributed by atoms with van der Waals surface area (Å²) in [4.78, 5) is 5.10. The van der Waals surface area contributed by atoms with E-state index >= 15 is 0 Å². The highest BCUT2D eigenvalue weighted by atomic mass is 16.5. The molecule has 1 aliphatic heterocycles. The van der Waals surface area contributed by atoms with Gasteiger partial charge >= 0.3 is 0 Å². The Morgan fingerprint density at radius 3 is 0.787 bits per heavy atom. The first-order valence-corrected chi connectivity index (χ1v) is 37.2. The number of para-hydroxylation sites is 3. The summed E-state index contributed by atoms with van der Waals surface area (Å²) >= 11 is 0. The molecule has 0 amide bonds. The van der Waals surface area contributed by atoms with Gasteiger partial charge in [-0.3, -0.25) is 0 Å². The van der Waals surface area contributed by atoms with Gasteiger partial charge in [-0.05, 0) is 185 Å². The van der Waals surface area contributed by atoms with Crippen molar-refractivity contribution in [2.75, 3.05) is 9.80 Å². The molecule has 512 valence electrons. The first kappa shape index (κ1) is 66.1. The van der Waals surface area contributed by atoms with E-state index in [1.807, 2.05) is 0 Å². The highest BCUT2D eigenvalue weighted by Gasteiger charge is 2.35. The molecule has 108 heavy (non-hydrogen) atoms. The molecular weight excluding hydrogens is 1310 g/mol. The standard InChI is InChI=1S/C105H76N2O/c1-105(2)99-53-21-22-54-101(99)108-102-64-59-85(71-100(102)105)90-69-93(106(91-60-55-79(56-61-91)73-29-9-3-10-30-73)103-95(86-45-23-41-81(65-86)75-33-13-5-14-34-75)49-27-50-96(103)87-46-24-42-82(66-87)76-35-15-6-16-36-76)72-94(70-90)107(92-62-57-80(58-63-92)74-31-11-4-12-32-74)104-97(88-47-25-43-83(67-88)77-37-17-7-18-38-77)51-28-52-98(104)89-48-26-44-84(68-89)78-39-19-8-20-40-78/h3-72H,1-2H3. The highest BCUT2D eigenvalue weighted by Crippen LogP contribution is 2.55. The van der Waals surface area contributed by atoms with E-state index in [9.17, 15) is 0 Å². The van der Waals surface area contributed by atoms with Crippen LogP contribution in [0.4, 0.5) is 34.1 Å². The minimum atomic E-state index is -0.410. The third kappa shape index (κ3) is 13.1. The van der Waals surface area contributed by atoms with Crippen molar-refractivity contribution >= 4 is 34.1 Å². The van der Waals surface area contributed by atoms with Crippen molar-refractivity contribution in [3.8, 4) is 134 Å². The number of ether oxygens (including phenoxy) is 1. The van der Waals surface area contributed by atoms with Crippen molar-refractivity contribution < 1.29 is 4.74 Å². The minimum Gasteiger partial charge on any atom is -0.457 e. The quantitative estimate of drug-likeness (QED) is 0.0904. The van der Waals surface area contributed by atoms with Gasteiger partial charge in [0.05, 0.1) is 11.4 Å². The SMILES string of the molecule is CC1(C)c2ccccc2Oc2ccc(-c3cc(N(c4ccc(-c5ccccc5)cc4)c4c(-c5cccc(-c6ccccc6)c5)cccc4-c4cccc(-c5ccccc5)c4)cc(N(c4ccc(-c5ccccc5)cc4)c4c(-c5cccc(-c6ccccc6)c5)cccc4-c4cccc(-c5ccccc5)c4)c3)cc21. The van der Waals surface area contributed by atoms with Crippen molar-refractivity contribution in [1.29, 1.82) is 0 Å². The molecule has 3 nitrogen and oxygen atoms in total. The lowest BCUT2D eigenvalue weighted by molar-refractivity contribution is 0.418. The van der Waals surface area contributed by atoms with Crippen LogP contribution in [0.2, 0.25) is 0 Å². The van der Waals surface area contributed by atoms with Crippen molar-refractivity contribution in [3.05, 3.63) is 436 Å². The topological polar surface area (TPSA) is 15.7 Å². The maximum Gasteiger partial charge on any atom is 0.131 e. The number of hydrogen-bond acceptors (Lipinski definition) is 3. The summed E-state index contributed by atoms with van der Waals surface area (Å²) in [7, 11) is 0. The van der Waals surface area contributed by atoms with E-state index in [2.05, 4.69) is 448 Å². The van der Waals surface area contributed by atoms with Crippen LogP contribution < -0.4 is 14.5 Å². The molecule has 3 heteroatoms. The van der Waals surface area contributed by atoms with Gasteiger partial charge in [-0.25, -0.2) is 0 Å². The van der Waals surface area contributed by atoms with Crippen molar-refractivity contribution in [2.45, 2.75) is 19.3 Å². The first-order chi connectivity index (χ1) is 53.3. The number of rotatable bonds is 17. The fourth-order valence-electron chi connectivity index (χ4n) is 15.8. The molecule has 0 unspecified atom stereocenters. The van der Waals surface area contributed by atoms with Gasteiger partial charge < -0.3 is 14.5 Å². The monoisotopic (exact) mass is 1380 g/mol. The van der Waals surface area contributed by atoms with E-state index in [-0.39, 0.29) is 0 Å². The largest absolute Gasteiger partial charge is 0.457 e. The molecule has 0 atom stereocenters. The molecule has 17 aromatic rings. The average Bonchev–Trinajstić information content (AvgIpc) is 0.744. The Balaban J connectivity index is 0.966. The summed E-state index contributed by atoms with van der Waals surface area (Å²) in [5.74, 6) is 1.73. The lowest BCUT2D eigenvalue weighted by Gasteiger charge is -2.35. The number of nitrogens with zero attached hydrogens (tertiary/aromatic N) is 2. The predicted octanol–water partition coefficient (Wildman–Crippen LogP) is 29.4. The Kier molecular flexibility index (Phi) is 17.8. The second kappa shape index (κ2) is 29.0. The fraction of sp³-hybridized carbons (Fsp3) is 0.0286. The second-order valence-electron chi connectivity index (χ2n) is 28.4. The summed E-state index contributed by atoms with van der Waals surface area (Å²) < 4.78 is 6.89. The summed E-state index contributed by atoms with van der Waals surface area (Å²) in [6, 6.07) is 156. The number of fused-ring (bicyclic) bond motifs is 2. The Morgan fingerprint density at radius 2 is 0.435 bits per heavy atom. The summed E-state index contributed by atoms with van der Waals surface area (Å²) in [5, 5.41) is 0. The Hall–Kier alpha value is -13.9. The van der Waals surface area contributed by atoms with Gasteiger partial charge in [0.25, 0.3) is 0 Å². The van der Waals surface area contributed by atoms with Gasteiger partial charge in [0.1, 0.15) is 11.5 Å². The third-order valence-electron chi connectivity index (χ3n) is 21.3. The Bertz CT molecular complexity index is 5550. The molecule has 0 spiro atoms. The maximum absolute atomic E-state index is 6.89. The van der Waals surface area contributed by atoms with Crippen LogP contribution in [0.3, 0.4) is 0 Å². The molecule has 1 heterocycles. The van der Waals surface area contributed by atoms with Crippen LogP contribution in [-0.2, 0) is 5.41 Å². The van der Waals surface area contributed by atoms with E-state index < -0.39 is 5.41 Å². The predicted molar refractivity (Wildman–Crippen MR) is 454 cm³/mol. The van der Waals surface area contributed by atoms with Crippen molar-refractivity contribution in [2.24, 2.45) is 0 Å². The molecule has 18 rings (SSSR count). The van der Waals surface area contributed by atoms with Gasteiger partial charge in [-0.2, -0.15) is 0 Å². The smallest absolute Gasteiger partial charge is 0.131 e. The molecular formula is C105H76N2O. The molecule has 0 saturated heterocycles. The van der Waals surface area contributed by atoms with Crippen LogP contribution in [0.15, 0.2) is 425 Å². The van der Waals surface area contributed by atoms with E-state index in [0.29, 0.717) is 0 Å². The minimum absolute atomic E-state index is 0.410. The van der Waals surface area contributed by atoms with Crippen LogP contribution in [0.25, 0.3) is 122 Å². The van der Waals surface area contributed by atoms with Crippen LogP contribution in [-0.4, -0.2) is 0 Å². The molecule has 0 aliphatic carbocycles. The number of benzene rings is 17. The van der Waals surface area contributed by atoms with E-state index in [4.69, 9.17) is 4.74 Å². The van der Waals surface area contributed by atoms with Gasteiger partial charge in [-0.1, -0.05) is 354 Å². The van der Waals surface area contributed by atoms with Crippen LogP contribution in [0, 0.1) is 0 Å². The van der Waals surface area contributed by atoms with Crippen molar-refractivity contribution in [1.82, 2.24) is 0 Å². The molecule has 17 aromatic carbocycles. The van der Waals surface area contributed by atoms with E-state index in [0.717, 1.165) is 179 Å². The maximum atomic E-state index is 6.89. The average molecular weight is 1380 g/mol. The molecule has 0 fully saturated rings. The van der Waals surface area contributed by atoms with Gasteiger partial charge in [0.2, 0.25) is 0 Å². The number of hydrogen-bond donors (Lipinski definition) is 0. The normalized spacial score (nSPS) is 11.9. The lowest BCUT2D eigenvalue weighted by atomic mass is 9.75. The van der Waals surface area contributed by atoms with Gasteiger partial charge in [-0.15, -0.1) is 0 Å². The Labute approximate surface area is 633 Å². The Morgan fingerprint density at radius 1 is 0.176 bits per heavy atom. The van der Waals surface area contributed by atoms with Crippen molar-refractivity contribution in [3.63, 3.8) is 0 Å². The molecule has 0 aromatic heterocycles. The summed E-state index contributed by atoms with van der Waals surface area (Å²) in [6.07, 6.45) is 0. The molecule has 0 bridgehead atoms. The summed E-state index contributed by atoms with van der Waals surface area (Å²) in [6.45, 7) is 4.66. The molecule has 0 N–H and O–H groups in total. The third-order valence-corrected chi connectivity index (χ3v) is 21.3. The van der Waals surface area contributed by atoms with E-state index in [1.54, 1.807) is 0 Å². The van der Waals surface area contributed by atoms with Crippen LogP contribution in [0.5, 0.6) is 11.5 Å². The molecule has 0 saturated carbocycles. The van der Waals surface area contributed by atoms with Gasteiger partial charge in [0.15, 0.2) is 0 Å². The summed E-state index contributed by atoms with van der Waals surface area (Å²) in [5.41, 5.74) is 32.1. The first-order valence-electron chi connectivity index (χ1n) is 37.2. The fourth-order valence-corrected chi connectivity index (χ4v) is 15.8. The highest BCUT2D eigenvalue weighted by molar-refractivity contribution is 6.03. The molecule has 1 aliphatic rings. The van der Waals surface area contributed by atoms with E-state index in [1.165, 1.54) is 0 Å².